The van der Waals surface area contributed by atoms with Crippen LogP contribution in [-0.2, 0) is 0 Å². The molecule has 0 amide bonds. The number of aliphatic hydroxyl groups excluding tert-OH is 1. The van der Waals surface area contributed by atoms with Crippen molar-refractivity contribution in [2.75, 3.05) is 7.11 Å². The number of hydrogen-bond acceptors (Lipinski definition) is 4. The first-order chi connectivity index (χ1) is 16.7. The van der Waals surface area contributed by atoms with Crippen LogP contribution in [0.4, 0.5) is 0 Å². The molecule has 5 heteroatoms. The van der Waals surface area contributed by atoms with Crippen molar-refractivity contribution >= 4 is 47.4 Å². The Morgan fingerprint density at radius 3 is 1.47 bits per heavy atom. The predicted molar refractivity (Wildman–Crippen MR) is 138 cm³/mol. The molecule has 5 aromatic rings. The molecule has 0 saturated heterocycles. The monoisotopic (exact) mass is 555 g/mol. The van der Waals surface area contributed by atoms with Gasteiger partial charge in [0.15, 0.2) is 0 Å². The predicted octanol–water partition coefficient (Wildman–Crippen LogP) is 2.41. The van der Waals surface area contributed by atoms with E-state index in [1.165, 1.54) is 16.8 Å². The Morgan fingerprint density at radius 2 is 1.03 bits per heavy atom. The van der Waals surface area contributed by atoms with Gasteiger partial charge < -0.3 is 15.0 Å². The Bertz CT molecular complexity index is 1200. The quantitative estimate of drug-likeness (QED) is 0.347. The number of aliphatic hydroxyl groups is 1. The average molecular weight is 554 g/mol. The van der Waals surface area contributed by atoms with Gasteiger partial charge in [0.25, 0.3) is 0 Å². The van der Waals surface area contributed by atoms with Crippen molar-refractivity contribution in [3.8, 4) is 0 Å². The van der Waals surface area contributed by atoms with Gasteiger partial charge in [0, 0.05) is 12.5 Å². The molecule has 0 fully saturated rings. The second-order valence-electron chi connectivity index (χ2n) is 7.15. The molecule has 168 valence electrons. The van der Waals surface area contributed by atoms with E-state index in [0.29, 0.717) is 5.52 Å². The van der Waals surface area contributed by atoms with Crippen molar-refractivity contribution < 1.29 is 15.0 Å². The van der Waals surface area contributed by atoms with Gasteiger partial charge in [-0.2, -0.15) is 0 Å². The second kappa shape index (κ2) is 13.3. The van der Waals surface area contributed by atoms with Gasteiger partial charge in [0.05, 0.1) is 17.2 Å². The summed E-state index contributed by atoms with van der Waals surface area (Å²) in [5, 5.41) is 18.4. The molecule has 1 N–H and O–H groups in total. The summed E-state index contributed by atoms with van der Waals surface area (Å²) in [5.41, 5.74) is 0.642. The number of nitrogens with zero attached hydrogens (tertiary/aromatic N) is 1. The van der Waals surface area contributed by atoms with Gasteiger partial charge in [-0.15, -0.1) is 0 Å². The third kappa shape index (κ3) is 6.76. The minimum absolute atomic E-state index is 0.0290. The third-order valence-electron chi connectivity index (χ3n) is 4.99. The van der Waals surface area contributed by atoms with Gasteiger partial charge in [-0.05, 0) is 12.1 Å². The molecule has 0 radical (unpaired) electrons. The zero-order chi connectivity index (χ0) is 24.2. The Morgan fingerprint density at radius 1 is 0.618 bits per heavy atom. The number of pyridine rings is 1. The van der Waals surface area contributed by atoms with Crippen LogP contribution in [-0.4, -0.2) is 42.9 Å². The Kier molecular flexibility index (Phi) is 9.82. The van der Waals surface area contributed by atoms with E-state index in [2.05, 4.69) is 96.0 Å². The molecular formula is C29H25NO3Sn. The normalized spacial score (nSPS) is 9.71. The van der Waals surface area contributed by atoms with Crippen LogP contribution in [0.25, 0.3) is 10.9 Å². The first-order valence-corrected chi connectivity index (χ1v) is 15.1. The topological polar surface area (TPSA) is 73.2 Å². The fourth-order valence-corrected chi connectivity index (χ4v) is 10.9. The van der Waals surface area contributed by atoms with Crippen LogP contribution >= 0.6 is 0 Å². The van der Waals surface area contributed by atoms with Crippen molar-refractivity contribution in [3.63, 3.8) is 0 Å². The second-order valence-corrected chi connectivity index (χ2v) is 14.2. The van der Waals surface area contributed by atoms with Crippen LogP contribution in [0.3, 0.4) is 0 Å². The fraction of sp³-hybridized carbons (Fsp3) is 0.0345. The number of hydrogen-bond donors (Lipinski definition) is 1. The first kappa shape index (κ1) is 25.1. The van der Waals surface area contributed by atoms with Gasteiger partial charge >= 0.3 is 121 Å². The van der Waals surface area contributed by atoms with Gasteiger partial charge in [0.1, 0.15) is 0 Å². The fourth-order valence-electron chi connectivity index (χ4n) is 3.49. The maximum absolute atomic E-state index is 10.5. The van der Waals surface area contributed by atoms with Crippen LogP contribution in [0.5, 0.6) is 0 Å². The molecule has 4 nitrogen and oxygen atoms in total. The molecule has 5 rings (SSSR count). The average Bonchev–Trinajstić information content (AvgIpc) is 2.92. The summed E-state index contributed by atoms with van der Waals surface area (Å²) in [6.45, 7) is 0. The van der Waals surface area contributed by atoms with Crippen LogP contribution in [0.1, 0.15) is 10.5 Å². The van der Waals surface area contributed by atoms with Crippen molar-refractivity contribution in [1.29, 1.82) is 0 Å². The first-order valence-electron chi connectivity index (χ1n) is 10.8. The SMILES string of the molecule is CO.O=C([O-])c1ccc2ccccc2n1.c1cc[c]([Sn+]([c]2ccccc2)[c]2ccccc2)cc1. The number of rotatable bonds is 4. The van der Waals surface area contributed by atoms with E-state index in [1.807, 2.05) is 18.2 Å². The van der Waals surface area contributed by atoms with E-state index in [0.717, 1.165) is 12.5 Å². The van der Waals surface area contributed by atoms with E-state index in [4.69, 9.17) is 5.11 Å². The van der Waals surface area contributed by atoms with Crippen molar-refractivity contribution in [2.45, 2.75) is 0 Å². The molecule has 1 aromatic heterocycles. The number of carbonyl (C=O) groups excluding carboxylic acids is 1. The number of para-hydroxylation sites is 1. The van der Waals surface area contributed by atoms with Crippen molar-refractivity contribution in [2.24, 2.45) is 0 Å². The van der Waals surface area contributed by atoms with E-state index < -0.39 is 25.7 Å². The van der Waals surface area contributed by atoms with Crippen LogP contribution in [0.2, 0.25) is 0 Å². The minimum atomic E-state index is -1.98. The number of carboxylic acid groups (broad SMARTS) is 1. The van der Waals surface area contributed by atoms with E-state index in [-0.39, 0.29) is 5.69 Å². The molecule has 0 unspecified atom stereocenters. The number of carboxylic acids is 1. The van der Waals surface area contributed by atoms with Crippen molar-refractivity contribution in [3.05, 3.63) is 133 Å². The zero-order valence-corrected chi connectivity index (χ0v) is 21.7. The zero-order valence-electron chi connectivity index (χ0n) is 18.8. The Labute approximate surface area is 206 Å². The molecule has 0 aliphatic heterocycles. The summed E-state index contributed by atoms with van der Waals surface area (Å²) in [6.07, 6.45) is 0. The van der Waals surface area contributed by atoms with E-state index >= 15 is 0 Å². The van der Waals surface area contributed by atoms with Gasteiger partial charge in [-0.25, -0.2) is 4.98 Å². The summed E-state index contributed by atoms with van der Waals surface area (Å²) in [4.78, 5) is 14.4. The van der Waals surface area contributed by atoms with Gasteiger partial charge in [-0.3, -0.25) is 0 Å². The molecule has 0 bridgehead atoms. The molecule has 0 aliphatic rings. The van der Waals surface area contributed by atoms with Gasteiger partial charge in [0.2, 0.25) is 0 Å². The Hall–Kier alpha value is -3.48. The maximum atomic E-state index is 10.5. The summed E-state index contributed by atoms with van der Waals surface area (Å²) < 4.78 is 4.59. The standard InChI is InChI=1S/C10H7NO2.3C6H5.CH4O.Sn/c12-10(13)9-6-5-7-3-1-2-4-8(7)11-9;3*1-2-4-6-5-3-1;1-2;/h1-6H,(H,12,13);3*1-5H;2H,1H3;/q;;;;;+1/p-1. The summed E-state index contributed by atoms with van der Waals surface area (Å²) in [5.74, 6) is -1.24. The molecule has 34 heavy (non-hydrogen) atoms. The van der Waals surface area contributed by atoms with Crippen molar-refractivity contribution in [1.82, 2.24) is 4.98 Å². The number of fused-ring (bicyclic) bond motifs is 1. The Balaban J connectivity index is 0.000000189. The number of benzene rings is 4. The molecular weight excluding hydrogens is 529 g/mol. The summed E-state index contributed by atoms with van der Waals surface area (Å²) in [6, 6.07) is 43.4. The third-order valence-corrected chi connectivity index (χ3v) is 12.8. The number of aromatic carboxylic acids is 1. The molecule has 0 aliphatic carbocycles. The molecule has 0 saturated carbocycles. The van der Waals surface area contributed by atoms with Crippen LogP contribution < -0.4 is 15.8 Å². The molecule has 0 atom stereocenters. The van der Waals surface area contributed by atoms with E-state index in [1.54, 1.807) is 12.1 Å². The summed E-state index contributed by atoms with van der Waals surface area (Å²) >= 11 is -1.98. The van der Waals surface area contributed by atoms with Crippen LogP contribution in [0.15, 0.2) is 127 Å². The number of aromatic nitrogens is 1. The number of carbonyl (C=O) groups is 1. The van der Waals surface area contributed by atoms with Gasteiger partial charge in [-0.1, -0.05) is 24.3 Å². The summed E-state index contributed by atoms with van der Waals surface area (Å²) in [7, 11) is 1.00. The molecule has 4 aromatic carbocycles. The van der Waals surface area contributed by atoms with E-state index in [9.17, 15) is 9.90 Å². The molecule has 0 spiro atoms. The van der Waals surface area contributed by atoms with Crippen LogP contribution in [0, 0.1) is 0 Å². The molecule has 1 heterocycles.